The van der Waals surface area contributed by atoms with Crippen molar-refractivity contribution in [3.8, 4) is 0 Å². The Bertz CT molecular complexity index is 1200. The highest BCUT2D eigenvalue weighted by Gasteiger charge is 2.40. The maximum atomic E-state index is 13.3. The molecule has 1 aliphatic rings. The number of aromatic amines is 1. The Morgan fingerprint density at radius 2 is 1.72 bits per heavy atom. The lowest BCUT2D eigenvalue weighted by Gasteiger charge is -2.42. The van der Waals surface area contributed by atoms with Crippen LogP contribution in [0.1, 0.15) is 54.2 Å². The fourth-order valence-corrected chi connectivity index (χ4v) is 4.46. The van der Waals surface area contributed by atoms with E-state index in [9.17, 15) is 31.1 Å². The van der Waals surface area contributed by atoms with E-state index in [2.05, 4.69) is 15.5 Å². The number of piperidine rings is 1. The number of benzene rings is 2. The van der Waals surface area contributed by atoms with Gasteiger partial charge in [0.2, 0.25) is 0 Å². The van der Waals surface area contributed by atoms with E-state index in [0.717, 1.165) is 5.56 Å². The normalized spacial score (nSPS) is 21.9. The number of alkyl halides is 6. The molecule has 12 heteroatoms. The average Bonchev–Trinajstić information content (AvgIpc) is 3.27. The van der Waals surface area contributed by atoms with Crippen LogP contribution in [-0.4, -0.2) is 27.9 Å². The summed E-state index contributed by atoms with van der Waals surface area (Å²) < 4.78 is 87.2. The highest BCUT2D eigenvalue weighted by Crippen LogP contribution is 2.39. The largest absolute Gasteiger partial charge is 0.416 e. The first-order chi connectivity index (χ1) is 16.9. The van der Waals surface area contributed by atoms with E-state index in [-0.39, 0.29) is 30.0 Å². The van der Waals surface area contributed by atoms with Crippen molar-refractivity contribution in [2.24, 2.45) is 0 Å². The second-order valence-electron chi connectivity index (χ2n) is 8.88. The van der Waals surface area contributed by atoms with Crippen molar-refractivity contribution < 1.29 is 31.1 Å². The van der Waals surface area contributed by atoms with Gasteiger partial charge in [0.15, 0.2) is 0 Å². The molecule has 0 spiro atoms. The van der Waals surface area contributed by atoms with Crippen LogP contribution in [0.5, 0.6) is 0 Å². The highest BCUT2D eigenvalue weighted by molar-refractivity contribution is 5.35. The van der Waals surface area contributed by atoms with Crippen molar-refractivity contribution in [2.75, 3.05) is 13.2 Å². The summed E-state index contributed by atoms with van der Waals surface area (Å²) in [6.07, 6.45) is -8.44. The number of H-pyrrole nitrogens is 1. The summed E-state index contributed by atoms with van der Waals surface area (Å²) >= 11 is 0. The van der Waals surface area contributed by atoms with Gasteiger partial charge in [-0.2, -0.15) is 31.4 Å². The maximum Gasteiger partial charge on any atom is 0.416 e. The zero-order valence-electron chi connectivity index (χ0n) is 19.2. The number of nitrogens with one attached hydrogen (secondary N) is 2. The zero-order valence-corrected chi connectivity index (χ0v) is 19.2. The van der Waals surface area contributed by atoms with E-state index < -0.39 is 35.1 Å². The molecule has 1 fully saturated rings. The van der Waals surface area contributed by atoms with Gasteiger partial charge in [-0.05, 0) is 49.1 Å². The molecule has 1 aliphatic heterocycles. The van der Waals surface area contributed by atoms with Gasteiger partial charge in [-0.25, -0.2) is 9.89 Å². The molecule has 2 aromatic carbocycles. The molecule has 0 radical (unpaired) electrons. The van der Waals surface area contributed by atoms with Crippen molar-refractivity contribution in [3.05, 3.63) is 87.6 Å². The standard InChI is InChI=1S/C24H24F6N4O2/c1-15(16-9-18(23(25,26)27)11-19(10-16)24(28,29)30)36-13-22(17-5-3-2-4-6-17)8-7-20(12-31-22)34-14-32-33-21(34)35/h2-6,9-11,14-15,20,31H,7-8,12-13H2,1H3,(H,33,35)/t15-,20+,22-/m1/s1. The van der Waals surface area contributed by atoms with Crippen LogP contribution in [0.4, 0.5) is 26.3 Å². The predicted molar refractivity (Wildman–Crippen MR) is 118 cm³/mol. The number of hydrogen-bond donors (Lipinski definition) is 2. The quantitative estimate of drug-likeness (QED) is 0.444. The van der Waals surface area contributed by atoms with E-state index >= 15 is 0 Å². The van der Waals surface area contributed by atoms with Crippen molar-refractivity contribution >= 4 is 0 Å². The minimum atomic E-state index is -4.94. The average molecular weight is 514 g/mol. The summed E-state index contributed by atoms with van der Waals surface area (Å²) in [5.41, 5.74) is -3.24. The minimum absolute atomic E-state index is 0.0111. The molecule has 6 nitrogen and oxygen atoms in total. The SMILES string of the molecule is C[C@@H](OC[C@@]1(c2ccccc2)CC[C@H](n2cn[nH]c2=O)CN1)c1cc(C(F)(F)F)cc(C(F)(F)F)c1. The van der Waals surface area contributed by atoms with E-state index in [1.54, 1.807) is 0 Å². The molecule has 0 aliphatic carbocycles. The van der Waals surface area contributed by atoms with Crippen LogP contribution in [0.15, 0.2) is 59.7 Å². The van der Waals surface area contributed by atoms with Gasteiger partial charge in [-0.1, -0.05) is 30.3 Å². The van der Waals surface area contributed by atoms with Gasteiger partial charge >= 0.3 is 18.0 Å². The summed E-state index contributed by atoms with van der Waals surface area (Å²) in [5, 5.41) is 9.50. The molecule has 2 heterocycles. The van der Waals surface area contributed by atoms with Crippen molar-refractivity contribution in [3.63, 3.8) is 0 Å². The third-order valence-corrected chi connectivity index (χ3v) is 6.54. The van der Waals surface area contributed by atoms with Gasteiger partial charge in [0.1, 0.15) is 6.33 Å². The summed E-state index contributed by atoms with van der Waals surface area (Å²) in [4.78, 5) is 12.0. The summed E-state index contributed by atoms with van der Waals surface area (Å²) in [6.45, 7) is 1.79. The van der Waals surface area contributed by atoms with Gasteiger partial charge < -0.3 is 10.1 Å². The lowest BCUT2D eigenvalue weighted by molar-refractivity contribution is -0.143. The molecule has 4 rings (SSSR count). The number of nitrogens with zero attached hydrogens (tertiary/aromatic N) is 2. The van der Waals surface area contributed by atoms with Crippen LogP contribution >= 0.6 is 0 Å². The molecular weight excluding hydrogens is 490 g/mol. The summed E-state index contributed by atoms with van der Waals surface area (Å²) in [5.74, 6) is 0. The van der Waals surface area contributed by atoms with E-state index in [1.165, 1.54) is 17.8 Å². The molecule has 2 N–H and O–H groups in total. The Kier molecular flexibility index (Phi) is 7.02. The molecule has 1 aromatic heterocycles. The smallest absolute Gasteiger partial charge is 0.372 e. The molecule has 0 saturated carbocycles. The number of ether oxygens (including phenoxy) is 1. The van der Waals surface area contributed by atoms with Crippen molar-refractivity contribution in [1.82, 2.24) is 20.1 Å². The Labute approximate surface area is 202 Å². The van der Waals surface area contributed by atoms with Crippen molar-refractivity contribution in [2.45, 2.75) is 49.8 Å². The van der Waals surface area contributed by atoms with Crippen molar-refractivity contribution in [1.29, 1.82) is 0 Å². The second-order valence-corrected chi connectivity index (χ2v) is 8.88. The Morgan fingerprint density at radius 3 is 2.22 bits per heavy atom. The number of rotatable bonds is 6. The first-order valence-electron chi connectivity index (χ1n) is 11.2. The number of aromatic nitrogens is 3. The molecular formula is C24H24F6N4O2. The van der Waals surface area contributed by atoms with Crippen LogP contribution < -0.4 is 11.0 Å². The van der Waals surface area contributed by atoms with Gasteiger partial charge in [0.25, 0.3) is 0 Å². The first kappa shape index (κ1) is 26.0. The topological polar surface area (TPSA) is 71.9 Å². The predicted octanol–water partition coefficient (Wildman–Crippen LogP) is 5.21. The Morgan fingerprint density at radius 1 is 1.08 bits per heavy atom. The van der Waals surface area contributed by atoms with Crippen LogP contribution in [0, 0.1) is 0 Å². The third-order valence-electron chi connectivity index (χ3n) is 6.54. The molecule has 194 valence electrons. The molecule has 0 bridgehead atoms. The highest BCUT2D eigenvalue weighted by atomic mass is 19.4. The fraction of sp³-hybridized carbons (Fsp3) is 0.417. The molecule has 0 unspecified atom stereocenters. The van der Waals surface area contributed by atoms with Gasteiger partial charge in [0.05, 0.1) is 35.4 Å². The number of halogens is 6. The summed E-state index contributed by atoms with van der Waals surface area (Å²) in [6, 6.07) is 10.5. The monoisotopic (exact) mass is 514 g/mol. The van der Waals surface area contributed by atoms with Gasteiger partial charge in [0, 0.05) is 6.54 Å². The molecule has 3 atom stereocenters. The molecule has 3 aromatic rings. The first-order valence-corrected chi connectivity index (χ1v) is 11.2. The zero-order chi connectivity index (χ0) is 26.1. The second kappa shape index (κ2) is 9.74. The lowest BCUT2D eigenvalue weighted by Crippen LogP contribution is -2.52. The lowest BCUT2D eigenvalue weighted by atomic mass is 9.81. The number of hydrogen-bond acceptors (Lipinski definition) is 4. The van der Waals surface area contributed by atoms with E-state index in [0.29, 0.717) is 31.5 Å². The Balaban J connectivity index is 1.58. The van der Waals surface area contributed by atoms with Crippen LogP contribution in [0.2, 0.25) is 0 Å². The van der Waals surface area contributed by atoms with E-state index in [1.807, 2.05) is 30.3 Å². The van der Waals surface area contributed by atoms with Crippen LogP contribution in [0.3, 0.4) is 0 Å². The molecule has 1 saturated heterocycles. The Hall–Kier alpha value is -3.12. The van der Waals surface area contributed by atoms with Gasteiger partial charge in [-0.3, -0.25) is 4.57 Å². The van der Waals surface area contributed by atoms with Gasteiger partial charge in [-0.15, -0.1) is 0 Å². The minimum Gasteiger partial charge on any atom is -0.372 e. The van der Waals surface area contributed by atoms with Crippen LogP contribution in [-0.2, 0) is 22.6 Å². The van der Waals surface area contributed by atoms with Crippen LogP contribution in [0.25, 0.3) is 0 Å². The maximum absolute atomic E-state index is 13.3. The van der Waals surface area contributed by atoms with E-state index in [4.69, 9.17) is 4.74 Å². The molecule has 36 heavy (non-hydrogen) atoms. The fourth-order valence-electron chi connectivity index (χ4n) is 4.46. The summed E-state index contributed by atoms with van der Waals surface area (Å²) in [7, 11) is 0. The molecule has 0 amide bonds. The third kappa shape index (κ3) is 5.49.